The molecule has 1 N–H and O–H groups in total. The first-order valence-electron chi connectivity index (χ1n) is 7.98. The summed E-state index contributed by atoms with van der Waals surface area (Å²) in [6.45, 7) is 6.37. The van der Waals surface area contributed by atoms with Crippen LogP contribution in [-0.4, -0.2) is 47.5 Å². The van der Waals surface area contributed by atoms with Crippen LogP contribution in [0.4, 0.5) is 0 Å². The third kappa shape index (κ3) is 4.66. The largest absolute Gasteiger partial charge is 0.352 e. The molecule has 1 amide bonds. The van der Waals surface area contributed by atoms with Crippen molar-refractivity contribution < 1.29 is 4.79 Å². The van der Waals surface area contributed by atoms with Gasteiger partial charge in [0.1, 0.15) is 0 Å². The maximum Gasteiger partial charge on any atom is 0.253 e. The van der Waals surface area contributed by atoms with E-state index in [1.54, 1.807) is 6.20 Å². The number of aromatic nitrogens is 2. The van der Waals surface area contributed by atoms with Gasteiger partial charge in [0.25, 0.3) is 5.91 Å². The average molecular weight is 314 g/mol. The third-order valence-electron chi connectivity index (χ3n) is 3.93. The predicted molar refractivity (Wildman–Crippen MR) is 92.7 cm³/mol. The summed E-state index contributed by atoms with van der Waals surface area (Å²) < 4.78 is 2.14. The number of hydrogen-bond donors (Lipinski definition) is 1. The molecule has 124 valence electrons. The fourth-order valence-electron chi connectivity index (χ4n) is 2.62. The zero-order chi connectivity index (χ0) is 16.8. The van der Waals surface area contributed by atoms with Gasteiger partial charge in [-0.3, -0.25) is 9.78 Å². The standard InChI is InChI=1S/C18H26N4O/c1-14-12-17(18(23)20-10-7-11-21(3)4)15(2)22(14)13-16-8-5-6-9-19-16/h5-6,8-9,12H,7,10-11,13H2,1-4H3,(H,20,23). The Morgan fingerprint density at radius 3 is 2.74 bits per heavy atom. The van der Waals surface area contributed by atoms with Gasteiger partial charge in [0, 0.05) is 24.1 Å². The Balaban J connectivity index is 2.03. The van der Waals surface area contributed by atoms with Crippen LogP contribution in [0.15, 0.2) is 30.5 Å². The van der Waals surface area contributed by atoms with Crippen molar-refractivity contribution in [3.8, 4) is 0 Å². The molecule has 0 unspecified atom stereocenters. The number of carbonyl (C=O) groups is 1. The molecule has 2 aromatic rings. The van der Waals surface area contributed by atoms with Crippen molar-refractivity contribution in [1.82, 2.24) is 19.8 Å². The van der Waals surface area contributed by atoms with Crippen LogP contribution in [0.25, 0.3) is 0 Å². The first-order valence-corrected chi connectivity index (χ1v) is 7.98. The number of rotatable bonds is 7. The summed E-state index contributed by atoms with van der Waals surface area (Å²) in [5.74, 6) is 0.00382. The molecular weight excluding hydrogens is 288 g/mol. The molecule has 2 rings (SSSR count). The maximum absolute atomic E-state index is 12.4. The summed E-state index contributed by atoms with van der Waals surface area (Å²) in [7, 11) is 4.07. The molecule has 5 heteroatoms. The second kappa shape index (κ2) is 7.92. The number of nitrogens with one attached hydrogen (secondary N) is 1. The van der Waals surface area contributed by atoms with Crippen molar-refractivity contribution in [2.75, 3.05) is 27.2 Å². The molecule has 23 heavy (non-hydrogen) atoms. The number of nitrogens with zero attached hydrogens (tertiary/aromatic N) is 3. The van der Waals surface area contributed by atoms with E-state index in [1.807, 2.05) is 52.2 Å². The first-order chi connectivity index (χ1) is 11.0. The molecule has 0 aliphatic rings. The summed E-state index contributed by atoms with van der Waals surface area (Å²) in [6, 6.07) is 7.85. The number of amides is 1. The highest BCUT2D eigenvalue weighted by molar-refractivity contribution is 5.95. The minimum Gasteiger partial charge on any atom is -0.352 e. The van der Waals surface area contributed by atoms with Crippen LogP contribution in [0.3, 0.4) is 0 Å². The molecule has 0 radical (unpaired) electrons. The molecule has 0 saturated heterocycles. The van der Waals surface area contributed by atoms with Gasteiger partial charge in [0.2, 0.25) is 0 Å². The zero-order valence-corrected chi connectivity index (χ0v) is 14.5. The smallest absolute Gasteiger partial charge is 0.253 e. The van der Waals surface area contributed by atoms with Gasteiger partial charge >= 0.3 is 0 Å². The molecular formula is C18H26N4O. The second-order valence-corrected chi connectivity index (χ2v) is 6.10. The Bertz CT molecular complexity index is 647. The van der Waals surface area contributed by atoms with Crippen LogP contribution in [0, 0.1) is 13.8 Å². The third-order valence-corrected chi connectivity index (χ3v) is 3.93. The van der Waals surface area contributed by atoms with Gasteiger partial charge in [0.05, 0.1) is 17.8 Å². The van der Waals surface area contributed by atoms with Crippen LogP contribution >= 0.6 is 0 Å². The molecule has 0 bridgehead atoms. The fraction of sp³-hybridized carbons (Fsp3) is 0.444. The van der Waals surface area contributed by atoms with E-state index in [0.717, 1.165) is 35.6 Å². The monoisotopic (exact) mass is 314 g/mol. The molecule has 0 saturated carbocycles. The molecule has 0 atom stereocenters. The van der Waals surface area contributed by atoms with Crippen LogP contribution in [0.5, 0.6) is 0 Å². The van der Waals surface area contributed by atoms with Crippen LogP contribution < -0.4 is 5.32 Å². The van der Waals surface area contributed by atoms with Crippen molar-refractivity contribution >= 4 is 5.91 Å². The molecule has 5 nitrogen and oxygen atoms in total. The minimum atomic E-state index is 0.00382. The van der Waals surface area contributed by atoms with Gasteiger partial charge < -0.3 is 14.8 Å². The lowest BCUT2D eigenvalue weighted by molar-refractivity contribution is 0.0951. The van der Waals surface area contributed by atoms with Crippen molar-refractivity contribution in [1.29, 1.82) is 0 Å². The summed E-state index contributed by atoms with van der Waals surface area (Å²) in [5.41, 5.74) is 3.81. The number of hydrogen-bond acceptors (Lipinski definition) is 3. The Labute approximate surface area is 138 Å². The number of pyridine rings is 1. The molecule has 0 aliphatic heterocycles. The van der Waals surface area contributed by atoms with Gasteiger partial charge in [-0.2, -0.15) is 0 Å². The summed E-state index contributed by atoms with van der Waals surface area (Å²) >= 11 is 0. The fourth-order valence-corrected chi connectivity index (χ4v) is 2.62. The Hall–Kier alpha value is -2.14. The Morgan fingerprint density at radius 2 is 2.09 bits per heavy atom. The van der Waals surface area contributed by atoms with E-state index < -0.39 is 0 Å². The summed E-state index contributed by atoms with van der Waals surface area (Å²) in [4.78, 5) is 18.9. The summed E-state index contributed by atoms with van der Waals surface area (Å²) in [6.07, 6.45) is 2.74. The lowest BCUT2D eigenvalue weighted by atomic mass is 10.2. The maximum atomic E-state index is 12.4. The van der Waals surface area contributed by atoms with Gasteiger partial charge in [-0.15, -0.1) is 0 Å². The highest BCUT2D eigenvalue weighted by atomic mass is 16.1. The average Bonchev–Trinajstić information content (AvgIpc) is 2.80. The first kappa shape index (κ1) is 17.2. The molecule has 0 spiro atoms. The molecule has 2 heterocycles. The lowest BCUT2D eigenvalue weighted by Crippen LogP contribution is -2.27. The minimum absolute atomic E-state index is 0.00382. The molecule has 0 aliphatic carbocycles. The van der Waals surface area contributed by atoms with Gasteiger partial charge in [-0.1, -0.05) is 6.07 Å². The number of aryl methyl sites for hydroxylation is 1. The number of carbonyl (C=O) groups excluding carboxylic acids is 1. The van der Waals surface area contributed by atoms with E-state index in [4.69, 9.17) is 0 Å². The van der Waals surface area contributed by atoms with E-state index in [0.29, 0.717) is 13.1 Å². The Morgan fingerprint density at radius 1 is 1.30 bits per heavy atom. The van der Waals surface area contributed by atoms with E-state index in [-0.39, 0.29) is 5.91 Å². The predicted octanol–water partition coefficient (Wildman–Crippen LogP) is 2.23. The second-order valence-electron chi connectivity index (χ2n) is 6.10. The SMILES string of the molecule is Cc1cc(C(=O)NCCCN(C)C)c(C)n1Cc1ccccn1. The van der Waals surface area contributed by atoms with Gasteiger partial charge in [-0.25, -0.2) is 0 Å². The molecule has 0 aromatic carbocycles. The van der Waals surface area contributed by atoms with Crippen LogP contribution in [-0.2, 0) is 6.54 Å². The lowest BCUT2D eigenvalue weighted by Gasteiger charge is -2.11. The van der Waals surface area contributed by atoms with Gasteiger partial charge in [-0.05, 0) is 59.1 Å². The topological polar surface area (TPSA) is 50.2 Å². The highest BCUT2D eigenvalue weighted by Crippen LogP contribution is 2.16. The highest BCUT2D eigenvalue weighted by Gasteiger charge is 2.15. The van der Waals surface area contributed by atoms with Crippen molar-refractivity contribution in [2.45, 2.75) is 26.8 Å². The van der Waals surface area contributed by atoms with E-state index >= 15 is 0 Å². The van der Waals surface area contributed by atoms with E-state index in [1.165, 1.54) is 0 Å². The molecule has 2 aromatic heterocycles. The normalized spacial score (nSPS) is 11.0. The Kier molecular flexibility index (Phi) is 5.93. The molecule has 0 fully saturated rings. The van der Waals surface area contributed by atoms with Crippen LogP contribution in [0.1, 0.15) is 33.9 Å². The van der Waals surface area contributed by atoms with Crippen molar-refractivity contribution in [3.05, 3.63) is 53.1 Å². The van der Waals surface area contributed by atoms with Crippen molar-refractivity contribution in [2.24, 2.45) is 0 Å². The van der Waals surface area contributed by atoms with E-state index in [9.17, 15) is 4.79 Å². The zero-order valence-electron chi connectivity index (χ0n) is 14.5. The van der Waals surface area contributed by atoms with E-state index in [2.05, 4.69) is 19.8 Å². The van der Waals surface area contributed by atoms with Crippen molar-refractivity contribution in [3.63, 3.8) is 0 Å². The van der Waals surface area contributed by atoms with Gasteiger partial charge in [0.15, 0.2) is 0 Å². The quantitative estimate of drug-likeness (QED) is 0.797. The summed E-state index contributed by atoms with van der Waals surface area (Å²) in [5, 5.41) is 3.01. The van der Waals surface area contributed by atoms with Crippen LogP contribution in [0.2, 0.25) is 0 Å².